The van der Waals surface area contributed by atoms with Crippen LogP contribution in [0.25, 0.3) is 0 Å². The van der Waals surface area contributed by atoms with Gasteiger partial charge in [0.2, 0.25) is 5.75 Å². The predicted octanol–water partition coefficient (Wildman–Crippen LogP) is 1.10. The summed E-state index contributed by atoms with van der Waals surface area (Å²) in [5.41, 5.74) is 2.86. The number of hydrogen-bond donors (Lipinski definition) is 3. The van der Waals surface area contributed by atoms with Crippen LogP contribution >= 0.6 is 0 Å². The molecule has 0 saturated carbocycles. The highest BCUT2D eigenvalue weighted by Gasteiger charge is 2.19. The lowest BCUT2D eigenvalue weighted by Crippen LogP contribution is -2.18. The molecule has 0 spiro atoms. The molecule has 0 radical (unpaired) electrons. The van der Waals surface area contributed by atoms with Crippen LogP contribution in [-0.4, -0.2) is 39.5 Å². The fourth-order valence-corrected chi connectivity index (χ4v) is 1.74. The highest BCUT2D eigenvalue weighted by molar-refractivity contribution is 5.93. The van der Waals surface area contributed by atoms with Crippen molar-refractivity contribution in [3.63, 3.8) is 0 Å². The van der Waals surface area contributed by atoms with Crippen LogP contribution in [0.2, 0.25) is 0 Å². The van der Waals surface area contributed by atoms with E-state index in [4.69, 9.17) is 4.74 Å². The molecule has 0 atom stereocenters. The average molecular weight is 319 g/mol. The van der Waals surface area contributed by atoms with Crippen LogP contribution in [0.1, 0.15) is 21.7 Å². The van der Waals surface area contributed by atoms with Gasteiger partial charge in [-0.1, -0.05) is 0 Å². The summed E-state index contributed by atoms with van der Waals surface area (Å²) in [6.07, 6.45) is 1.19. The first-order chi connectivity index (χ1) is 10.9. The molecule has 0 saturated heterocycles. The van der Waals surface area contributed by atoms with Crippen molar-refractivity contribution in [2.24, 2.45) is 5.10 Å². The van der Waals surface area contributed by atoms with Gasteiger partial charge >= 0.3 is 5.69 Å². The van der Waals surface area contributed by atoms with Gasteiger partial charge in [0.05, 0.1) is 18.2 Å². The molecule has 3 N–H and O–H groups in total. The first-order valence-electron chi connectivity index (χ1n) is 6.33. The summed E-state index contributed by atoms with van der Waals surface area (Å²) in [6, 6.07) is 3.99. The number of phenols is 1. The summed E-state index contributed by atoms with van der Waals surface area (Å²) >= 11 is 0. The van der Waals surface area contributed by atoms with E-state index in [0.29, 0.717) is 0 Å². The molecule has 120 valence electrons. The summed E-state index contributed by atoms with van der Waals surface area (Å²) in [5.74, 6) is -1.19. The van der Waals surface area contributed by atoms with Crippen molar-refractivity contribution < 1.29 is 19.6 Å². The Bertz CT molecular complexity index is 783. The minimum atomic E-state index is -0.750. The Labute approximate surface area is 129 Å². The van der Waals surface area contributed by atoms with Crippen molar-refractivity contribution in [3.05, 3.63) is 45.3 Å². The SMILES string of the molecule is COc1cc(/C=N/NC(=O)c2cc(C)[nH]n2)cc([N+](=O)[O-])c1O. The lowest BCUT2D eigenvalue weighted by molar-refractivity contribution is -0.386. The Morgan fingerprint density at radius 3 is 2.83 bits per heavy atom. The van der Waals surface area contributed by atoms with Crippen molar-refractivity contribution in [3.8, 4) is 11.5 Å². The molecule has 1 amide bonds. The monoisotopic (exact) mass is 319 g/mol. The van der Waals surface area contributed by atoms with Crippen LogP contribution in [0.3, 0.4) is 0 Å². The number of nitro benzene ring substituents is 1. The third-order valence-electron chi connectivity index (χ3n) is 2.81. The number of aryl methyl sites for hydroxylation is 1. The fraction of sp³-hybridized carbons (Fsp3) is 0.154. The summed E-state index contributed by atoms with van der Waals surface area (Å²) in [7, 11) is 1.27. The topological polar surface area (TPSA) is 143 Å². The van der Waals surface area contributed by atoms with Gasteiger partial charge in [-0.3, -0.25) is 20.0 Å². The van der Waals surface area contributed by atoms with Gasteiger partial charge in [0, 0.05) is 17.3 Å². The highest BCUT2D eigenvalue weighted by Crippen LogP contribution is 2.36. The number of carbonyl (C=O) groups excluding carboxylic acids is 1. The number of aromatic nitrogens is 2. The van der Waals surface area contributed by atoms with Gasteiger partial charge in [-0.25, -0.2) is 5.43 Å². The molecule has 2 rings (SSSR count). The van der Waals surface area contributed by atoms with E-state index in [2.05, 4.69) is 20.7 Å². The van der Waals surface area contributed by atoms with Gasteiger partial charge in [-0.2, -0.15) is 10.2 Å². The van der Waals surface area contributed by atoms with Gasteiger partial charge in [0.1, 0.15) is 0 Å². The number of nitro groups is 1. The Hall–Kier alpha value is -3.43. The zero-order valence-corrected chi connectivity index (χ0v) is 12.2. The minimum Gasteiger partial charge on any atom is -0.500 e. The summed E-state index contributed by atoms with van der Waals surface area (Å²) < 4.78 is 4.86. The maximum absolute atomic E-state index is 11.7. The van der Waals surface area contributed by atoms with E-state index in [1.165, 1.54) is 19.4 Å². The molecular weight excluding hydrogens is 306 g/mol. The first kappa shape index (κ1) is 15.9. The average Bonchev–Trinajstić information content (AvgIpc) is 2.94. The molecule has 1 heterocycles. The normalized spacial score (nSPS) is 10.7. The zero-order valence-electron chi connectivity index (χ0n) is 12.2. The second kappa shape index (κ2) is 6.56. The van der Waals surface area contributed by atoms with Gasteiger partial charge in [0.25, 0.3) is 5.91 Å². The molecule has 0 fully saturated rings. The Kier molecular flexibility index (Phi) is 4.55. The third-order valence-corrected chi connectivity index (χ3v) is 2.81. The van der Waals surface area contributed by atoms with Crippen LogP contribution in [0, 0.1) is 17.0 Å². The fourth-order valence-electron chi connectivity index (χ4n) is 1.74. The maximum Gasteiger partial charge on any atom is 0.315 e. The van der Waals surface area contributed by atoms with E-state index in [1.54, 1.807) is 13.0 Å². The number of benzene rings is 1. The van der Waals surface area contributed by atoms with Crippen LogP contribution in [0.5, 0.6) is 11.5 Å². The second-order valence-corrected chi connectivity index (χ2v) is 4.48. The number of aromatic amines is 1. The molecule has 10 nitrogen and oxygen atoms in total. The van der Waals surface area contributed by atoms with Crippen LogP contribution < -0.4 is 10.2 Å². The van der Waals surface area contributed by atoms with Crippen LogP contribution in [0.4, 0.5) is 5.69 Å². The number of methoxy groups -OCH3 is 1. The number of carbonyl (C=O) groups is 1. The number of H-pyrrole nitrogens is 1. The molecule has 0 bridgehead atoms. The van der Waals surface area contributed by atoms with Crippen LogP contribution in [0.15, 0.2) is 23.3 Å². The van der Waals surface area contributed by atoms with Crippen molar-refractivity contribution in [1.29, 1.82) is 0 Å². The molecular formula is C13H13N5O5. The molecule has 0 unspecified atom stereocenters. The van der Waals surface area contributed by atoms with Crippen molar-refractivity contribution in [2.45, 2.75) is 6.92 Å². The van der Waals surface area contributed by atoms with E-state index < -0.39 is 22.3 Å². The predicted molar refractivity (Wildman–Crippen MR) is 79.7 cm³/mol. The zero-order chi connectivity index (χ0) is 17.0. The molecule has 23 heavy (non-hydrogen) atoms. The van der Waals surface area contributed by atoms with Gasteiger partial charge in [-0.05, 0) is 19.1 Å². The number of nitrogens with zero attached hydrogens (tertiary/aromatic N) is 3. The molecule has 1 aromatic carbocycles. The standard InChI is InChI=1S/C13H13N5O5/c1-7-3-9(16-15-7)13(20)17-14-6-8-4-10(18(21)22)12(19)11(5-8)23-2/h3-6,19H,1-2H3,(H,15,16)(H,17,20)/b14-6+. The molecule has 2 aromatic rings. The van der Waals surface area contributed by atoms with E-state index in [-0.39, 0.29) is 17.0 Å². The second-order valence-electron chi connectivity index (χ2n) is 4.48. The van der Waals surface area contributed by atoms with E-state index in [9.17, 15) is 20.0 Å². The van der Waals surface area contributed by atoms with Gasteiger partial charge in [0.15, 0.2) is 11.4 Å². The Morgan fingerprint density at radius 1 is 1.52 bits per heavy atom. The first-order valence-corrected chi connectivity index (χ1v) is 6.33. The highest BCUT2D eigenvalue weighted by atomic mass is 16.6. The molecule has 0 aliphatic heterocycles. The molecule has 10 heteroatoms. The number of aromatic hydroxyl groups is 1. The smallest absolute Gasteiger partial charge is 0.315 e. The number of nitrogens with one attached hydrogen (secondary N) is 2. The van der Waals surface area contributed by atoms with Crippen molar-refractivity contribution >= 4 is 17.8 Å². The Morgan fingerprint density at radius 2 is 2.26 bits per heavy atom. The van der Waals surface area contributed by atoms with Gasteiger partial charge < -0.3 is 9.84 Å². The summed E-state index contributed by atoms with van der Waals surface area (Å²) in [6.45, 7) is 1.74. The lowest BCUT2D eigenvalue weighted by atomic mass is 10.2. The number of phenolic OH excluding ortho intramolecular Hbond substituents is 1. The summed E-state index contributed by atoms with van der Waals surface area (Å²) in [4.78, 5) is 21.8. The third kappa shape index (κ3) is 3.61. The maximum atomic E-state index is 11.7. The van der Waals surface area contributed by atoms with E-state index in [0.717, 1.165) is 11.8 Å². The number of ether oxygens (including phenoxy) is 1. The van der Waals surface area contributed by atoms with Crippen molar-refractivity contribution in [2.75, 3.05) is 7.11 Å². The van der Waals surface area contributed by atoms with E-state index in [1.807, 2.05) is 0 Å². The number of hydrogen-bond acceptors (Lipinski definition) is 7. The quantitative estimate of drug-likeness (QED) is 0.428. The van der Waals surface area contributed by atoms with E-state index >= 15 is 0 Å². The van der Waals surface area contributed by atoms with Crippen molar-refractivity contribution in [1.82, 2.24) is 15.6 Å². The largest absolute Gasteiger partial charge is 0.500 e. The minimum absolute atomic E-state index is 0.0742. The van der Waals surface area contributed by atoms with Crippen LogP contribution in [-0.2, 0) is 0 Å². The molecule has 1 aromatic heterocycles. The van der Waals surface area contributed by atoms with Gasteiger partial charge in [-0.15, -0.1) is 0 Å². The Balaban J connectivity index is 2.17. The number of hydrazone groups is 1. The number of amides is 1. The molecule has 0 aliphatic carbocycles. The number of rotatable bonds is 5. The lowest BCUT2D eigenvalue weighted by Gasteiger charge is -2.05. The molecule has 0 aliphatic rings. The summed E-state index contributed by atoms with van der Waals surface area (Å²) in [5, 5.41) is 30.6.